The highest BCUT2D eigenvalue weighted by atomic mass is 32.2. The Hall–Kier alpha value is -3.62. The van der Waals surface area contributed by atoms with Crippen LogP contribution in [0.4, 0.5) is 14.6 Å². The molecular weight excluding hydrogens is 580 g/mol. The number of aliphatic hydroxyl groups is 1. The van der Waals surface area contributed by atoms with Gasteiger partial charge >= 0.3 is 6.55 Å². The molecule has 3 N–H and O–H groups in total. The van der Waals surface area contributed by atoms with Crippen LogP contribution >= 0.6 is 0 Å². The molecule has 7 rings (SSSR count). The summed E-state index contributed by atoms with van der Waals surface area (Å²) in [6, 6.07) is 7.91. The number of carbonyl (C=O) groups is 1. The van der Waals surface area contributed by atoms with Gasteiger partial charge in [-0.2, -0.15) is 13.1 Å². The van der Waals surface area contributed by atoms with Gasteiger partial charge in [0, 0.05) is 48.7 Å². The minimum atomic E-state index is -4.26. The molecular formula is C29H33F2N7O4S. The molecule has 4 aromatic heterocycles. The van der Waals surface area contributed by atoms with E-state index in [9.17, 15) is 27.1 Å². The van der Waals surface area contributed by atoms with Crippen LogP contribution in [0.3, 0.4) is 0 Å². The molecule has 3 aliphatic rings. The van der Waals surface area contributed by atoms with Gasteiger partial charge in [-0.3, -0.25) is 4.79 Å². The lowest BCUT2D eigenvalue weighted by Crippen LogP contribution is -2.53. The van der Waals surface area contributed by atoms with E-state index in [1.54, 1.807) is 23.1 Å². The number of piperidine rings is 1. The molecule has 2 aliphatic carbocycles. The normalized spacial score (nSPS) is 21.3. The fourth-order valence-electron chi connectivity index (χ4n) is 6.06. The van der Waals surface area contributed by atoms with E-state index < -0.39 is 28.7 Å². The Morgan fingerprint density at radius 2 is 1.91 bits per heavy atom. The minimum absolute atomic E-state index is 0.0373. The number of fused-ring (bicyclic) bond motifs is 2. The molecule has 1 aliphatic heterocycles. The number of likely N-dealkylation sites (tertiary alicyclic amines) is 1. The highest BCUT2D eigenvalue weighted by Gasteiger charge is 2.35. The number of aliphatic hydroxyl groups excluding tert-OH is 1. The van der Waals surface area contributed by atoms with Gasteiger partial charge in [0.05, 0.1) is 23.7 Å². The van der Waals surface area contributed by atoms with Gasteiger partial charge in [0.2, 0.25) is 10.0 Å². The summed E-state index contributed by atoms with van der Waals surface area (Å²) in [7, 11) is -4.26. The molecule has 0 spiro atoms. The van der Waals surface area contributed by atoms with Crippen LogP contribution in [0.25, 0.3) is 28.1 Å². The van der Waals surface area contributed by atoms with Crippen molar-refractivity contribution in [2.75, 3.05) is 23.7 Å². The van der Waals surface area contributed by atoms with Gasteiger partial charge in [0.1, 0.15) is 22.8 Å². The quantitative estimate of drug-likeness (QED) is 0.291. The number of halogens is 2. The van der Waals surface area contributed by atoms with Gasteiger partial charge in [-0.05, 0) is 68.4 Å². The Kier molecular flexibility index (Phi) is 6.71. The minimum Gasteiger partial charge on any atom is -0.391 e. The molecule has 4 aromatic rings. The predicted octanol–water partition coefficient (Wildman–Crippen LogP) is 3.16. The summed E-state index contributed by atoms with van der Waals surface area (Å²) in [4.78, 5) is 24.5. The standard InChI is InChI=1S/C29H33F2N7O4S/c1-43(41,42)38(29(30)31)23-7-6-18-12-21(37(27(18)34-23)14-16-2-3-16)25-26(17-4-5-17)36-11-8-19(13-24(36)33-25)28(40)35-10-9-22(39)20(32)15-35/h6-8,11-13,16-17,20,22,29,39H,2-5,9-10,14-15,32H2,1H3/t20-,22+/m0/s1. The first-order chi connectivity index (χ1) is 20.5. The number of hydrogen-bond acceptors (Lipinski definition) is 7. The fourth-order valence-corrected chi connectivity index (χ4v) is 6.79. The highest BCUT2D eigenvalue weighted by molar-refractivity contribution is 7.92. The van der Waals surface area contributed by atoms with Crippen LogP contribution in [0.1, 0.15) is 54.1 Å². The summed E-state index contributed by atoms with van der Waals surface area (Å²) in [6.45, 7) is -1.97. The van der Waals surface area contributed by atoms with E-state index in [0.29, 0.717) is 47.7 Å². The first-order valence-electron chi connectivity index (χ1n) is 14.5. The molecule has 43 heavy (non-hydrogen) atoms. The lowest BCUT2D eigenvalue weighted by molar-refractivity contribution is 0.0459. The third kappa shape index (κ3) is 5.14. The van der Waals surface area contributed by atoms with E-state index in [1.807, 2.05) is 21.2 Å². The van der Waals surface area contributed by atoms with Crippen LogP contribution in [0, 0.1) is 5.92 Å². The molecule has 5 heterocycles. The maximum Gasteiger partial charge on any atom is 0.329 e. The zero-order valence-corrected chi connectivity index (χ0v) is 24.4. The van der Waals surface area contributed by atoms with Crippen LogP contribution < -0.4 is 10.0 Å². The molecule has 1 saturated heterocycles. The van der Waals surface area contributed by atoms with Crippen LogP contribution in [0.15, 0.2) is 36.5 Å². The Morgan fingerprint density at radius 3 is 2.56 bits per heavy atom. The maximum atomic E-state index is 13.8. The van der Waals surface area contributed by atoms with Crippen molar-refractivity contribution in [3.8, 4) is 11.4 Å². The summed E-state index contributed by atoms with van der Waals surface area (Å²) < 4.78 is 56.0. The fraction of sp³-hybridized carbons (Fsp3) is 0.483. The van der Waals surface area contributed by atoms with Crippen molar-refractivity contribution >= 4 is 38.4 Å². The topological polar surface area (TPSA) is 139 Å². The van der Waals surface area contributed by atoms with Crippen molar-refractivity contribution in [1.82, 2.24) is 23.8 Å². The van der Waals surface area contributed by atoms with Gasteiger partial charge < -0.3 is 24.7 Å². The Balaban J connectivity index is 1.34. The second-order valence-corrected chi connectivity index (χ2v) is 13.9. The lowest BCUT2D eigenvalue weighted by Gasteiger charge is -2.34. The number of hydrogen-bond donors (Lipinski definition) is 2. The zero-order chi connectivity index (χ0) is 30.2. The van der Waals surface area contributed by atoms with Crippen LogP contribution in [-0.2, 0) is 16.6 Å². The molecule has 228 valence electrons. The molecule has 0 aromatic carbocycles. The largest absolute Gasteiger partial charge is 0.391 e. The number of sulfonamides is 1. The first kappa shape index (κ1) is 28.2. The van der Waals surface area contributed by atoms with E-state index >= 15 is 0 Å². The summed E-state index contributed by atoms with van der Waals surface area (Å²) in [6.07, 6.45) is 6.47. The summed E-state index contributed by atoms with van der Waals surface area (Å²) in [5.74, 6) is 0.179. The predicted molar refractivity (Wildman–Crippen MR) is 156 cm³/mol. The van der Waals surface area contributed by atoms with Gasteiger partial charge in [-0.25, -0.2) is 18.4 Å². The SMILES string of the molecule is CS(=O)(=O)N(c1ccc2cc(-c3nc4cc(C(=O)N5CC[C@@H](O)[C@@H](N)C5)ccn4c3C3CC3)n(CC3CC3)c2n1)C(F)F. The average Bonchev–Trinajstić information content (AvgIpc) is 3.88. The van der Waals surface area contributed by atoms with E-state index in [2.05, 4.69) is 4.98 Å². The number of aromatic nitrogens is 4. The second-order valence-electron chi connectivity index (χ2n) is 12.0. The molecule has 14 heteroatoms. The number of amides is 1. The summed E-state index contributed by atoms with van der Waals surface area (Å²) >= 11 is 0. The van der Waals surface area contributed by atoms with Gasteiger partial charge in [-0.1, -0.05) is 0 Å². The molecule has 0 bridgehead atoms. The number of pyridine rings is 2. The average molecular weight is 614 g/mol. The van der Waals surface area contributed by atoms with E-state index in [0.717, 1.165) is 49.0 Å². The van der Waals surface area contributed by atoms with Crippen molar-refractivity contribution < 1.29 is 27.1 Å². The molecule has 2 saturated carbocycles. The number of nitrogens with two attached hydrogens (primary N) is 1. The van der Waals surface area contributed by atoms with Gasteiger partial charge in [-0.15, -0.1) is 0 Å². The molecule has 2 atom stereocenters. The van der Waals surface area contributed by atoms with Crippen LogP contribution in [0.5, 0.6) is 0 Å². The Labute approximate surface area is 247 Å². The van der Waals surface area contributed by atoms with Crippen molar-refractivity contribution in [2.45, 2.75) is 63.3 Å². The maximum absolute atomic E-state index is 13.8. The molecule has 11 nitrogen and oxygen atoms in total. The summed E-state index contributed by atoms with van der Waals surface area (Å²) in [5.41, 5.74) is 10.1. The molecule has 0 radical (unpaired) electrons. The van der Waals surface area contributed by atoms with Crippen molar-refractivity contribution in [2.24, 2.45) is 11.7 Å². The number of carbonyl (C=O) groups excluding carboxylic acids is 1. The molecule has 1 amide bonds. The van der Waals surface area contributed by atoms with Gasteiger partial charge in [0.25, 0.3) is 5.91 Å². The van der Waals surface area contributed by atoms with E-state index in [4.69, 9.17) is 10.7 Å². The third-order valence-corrected chi connectivity index (χ3v) is 9.71. The molecule has 0 unspecified atom stereocenters. The second kappa shape index (κ2) is 10.2. The number of nitrogens with zero attached hydrogens (tertiary/aromatic N) is 6. The Bertz CT molecular complexity index is 1850. The molecule has 3 fully saturated rings. The first-order valence-corrected chi connectivity index (χ1v) is 16.4. The Morgan fingerprint density at radius 1 is 1.14 bits per heavy atom. The summed E-state index contributed by atoms with van der Waals surface area (Å²) in [5, 5.41) is 10.7. The van der Waals surface area contributed by atoms with Crippen LogP contribution in [-0.4, -0.2) is 81.3 Å². The lowest BCUT2D eigenvalue weighted by atomic mass is 10.0. The van der Waals surface area contributed by atoms with E-state index in [-0.39, 0.29) is 28.5 Å². The third-order valence-electron chi connectivity index (χ3n) is 8.65. The van der Waals surface area contributed by atoms with Crippen molar-refractivity contribution in [3.05, 3.63) is 47.8 Å². The monoisotopic (exact) mass is 613 g/mol. The zero-order valence-electron chi connectivity index (χ0n) is 23.6. The number of rotatable bonds is 8. The van der Waals surface area contributed by atoms with E-state index in [1.165, 1.54) is 6.07 Å². The highest BCUT2D eigenvalue weighted by Crippen LogP contribution is 2.46. The smallest absolute Gasteiger partial charge is 0.329 e. The number of anilines is 1. The number of imidazole rings is 1. The number of alkyl halides is 2. The van der Waals surface area contributed by atoms with Crippen molar-refractivity contribution in [1.29, 1.82) is 0 Å². The van der Waals surface area contributed by atoms with Gasteiger partial charge in [0.15, 0.2) is 0 Å². The van der Waals surface area contributed by atoms with Crippen molar-refractivity contribution in [3.63, 3.8) is 0 Å². The van der Waals surface area contributed by atoms with Crippen LogP contribution in [0.2, 0.25) is 0 Å².